The van der Waals surface area contributed by atoms with Gasteiger partial charge in [-0.25, -0.2) is 4.68 Å². The number of nitrogens with one attached hydrogen (secondary N) is 1. The molecule has 0 unspecified atom stereocenters. The fraction of sp³-hybridized carbons (Fsp3) is 0.471. The maximum atomic E-state index is 12.1. The predicted octanol–water partition coefficient (Wildman–Crippen LogP) is 1.79. The van der Waals surface area contributed by atoms with Gasteiger partial charge in [-0.3, -0.25) is 4.79 Å². The number of rotatable bonds is 5. The number of hydrogen-bond donors (Lipinski definition) is 1. The number of likely N-dealkylation sites (tertiary alicyclic amines) is 1. The second-order valence-electron chi connectivity index (χ2n) is 6.04. The normalized spacial score (nSPS) is 15.5. The standard InChI is InChI=1S/C17H23N5O/c1-14-5-7-15(8-6-14)22-13-16(19-20-22)17(23)18-9-12-21-10-3-2-4-11-21/h5-8,13H,2-4,9-12H2,1H3,(H,18,23). The molecule has 1 N–H and O–H groups in total. The van der Waals surface area contributed by atoms with E-state index in [1.807, 2.05) is 31.2 Å². The summed E-state index contributed by atoms with van der Waals surface area (Å²) in [7, 11) is 0. The number of aromatic nitrogens is 3. The second-order valence-corrected chi connectivity index (χ2v) is 6.04. The Balaban J connectivity index is 1.52. The summed E-state index contributed by atoms with van der Waals surface area (Å²) < 4.78 is 1.62. The van der Waals surface area contributed by atoms with Gasteiger partial charge in [0.15, 0.2) is 5.69 Å². The molecule has 0 saturated carbocycles. The van der Waals surface area contributed by atoms with Crippen LogP contribution in [-0.2, 0) is 0 Å². The van der Waals surface area contributed by atoms with E-state index in [4.69, 9.17) is 0 Å². The van der Waals surface area contributed by atoms with Gasteiger partial charge in [0, 0.05) is 13.1 Å². The third-order valence-corrected chi connectivity index (χ3v) is 4.19. The van der Waals surface area contributed by atoms with Crippen molar-refractivity contribution in [2.75, 3.05) is 26.2 Å². The van der Waals surface area contributed by atoms with Crippen LogP contribution in [0.2, 0.25) is 0 Å². The highest BCUT2D eigenvalue weighted by Gasteiger charge is 2.13. The SMILES string of the molecule is Cc1ccc(-n2cc(C(=O)NCCN3CCCCC3)nn2)cc1. The van der Waals surface area contributed by atoms with Crippen LogP contribution in [-0.4, -0.2) is 52.0 Å². The van der Waals surface area contributed by atoms with Crippen molar-refractivity contribution in [2.45, 2.75) is 26.2 Å². The van der Waals surface area contributed by atoms with Gasteiger partial charge in [-0.15, -0.1) is 5.10 Å². The molecule has 0 radical (unpaired) electrons. The van der Waals surface area contributed by atoms with Crippen molar-refractivity contribution in [3.8, 4) is 5.69 Å². The minimum atomic E-state index is -0.166. The summed E-state index contributed by atoms with van der Waals surface area (Å²) in [4.78, 5) is 14.5. The predicted molar refractivity (Wildman–Crippen MR) is 88.7 cm³/mol. The average Bonchev–Trinajstić information content (AvgIpc) is 3.06. The number of carbonyl (C=O) groups excluding carboxylic acids is 1. The lowest BCUT2D eigenvalue weighted by Gasteiger charge is -2.26. The third kappa shape index (κ3) is 4.16. The minimum Gasteiger partial charge on any atom is -0.349 e. The van der Waals surface area contributed by atoms with Crippen LogP contribution in [0.5, 0.6) is 0 Å². The van der Waals surface area contributed by atoms with Gasteiger partial charge in [0.05, 0.1) is 11.9 Å². The molecule has 23 heavy (non-hydrogen) atoms. The Kier molecular flexibility index (Phi) is 5.02. The molecule has 2 heterocycles. The molecule has 0 spiro atoms. The zero-order chi connectivity index (χ0) is 16.1. The highest BCUT2D eigenvalue weighted by molar-refractivity contribution is 5.91. The van der Waals surface area contributed by atoms with Gasteiger partial charge in [0.1, 0.15) is 0 Å². The Morgan fingerprint density at radius 2 is 1.91 bits per heavy atom. The lowest BCUT2D eigenvalue weighted by molar-refractivity contribution is 0.0941. The number of benzene rings is 1. The summed E-state index contributed by atoms with van der Waals surface area (Å²) in [6.07, 6.45) is 5.52. The van der Waals surface area contributed by atoms with Crippen molar-refractivity contribution in [3.63, 3.8) is 0 Å². The first kappa shape index (κ1) is 15.7. The van der Waals surface area contributed by atoms with E-state index in [0.717, 1.165) is 25.3 Å². The lowest BCUT2D eigenvalue weighted by Crippen LogP contribution is -2.37. The number of carbonyl (C=O) groups is 1. The average molecular weight is 313 g/mol. The Labute approximate surface area is 136 Å². The smallest absolute Gasteiger partial charge is 0.273 e. The van der Waals surface area contributed by atoms with Crippen molar-refractivity contribution in [3.05, 3.63) is 41.7 Å². The molecule has 1 aliphatic rings. The van der Waals surface area contributed by atoms with Crippen molar-refractivity contribution >= 4 is 5.91 Å². The summed E-state index contributed by atoms with van der Waals surface area (Å²) in [5.74, 6) is -0.166. The number of nitrogens with zero attached hydrogens (tertiary/aromatic N) is 4. The number of piperidine rings is 1. The van der Waals surface area contributed by atoms with Crippen LogP contribution in [0.15, 0.2) is 30.5 Å². The van der Waals surface area contributed by atoms with Crippen LogP contribution >= 0.6 is 0 Å². The molecule has 1 fully saturated rings. The van der Waals surface area contributed by atoms with E-state index in [1.165, 1.54) is 24.8 Å². The Hall–Kier alpha value is -2.21. The zero-order valence-electron chi connectivity index (χ0n) is 13.5. The fourth-order valence-electron chi connectivity index (χ4n) is 2.79. The van der Waals surface area contributed by atoms with Crippen molar-refractivity contribution < 1.29 is 4.79 Å². The van der Waals surface area contributed by atoms with Gasteiger partial charge in [-0.05, 0) is 45.0 Å². The maximum Gasteiger partial charge on any atom is 0.273 e. The first-order chi connectivity index (χ1) is 11.2. The maximum absolute atomic E-state index is 12.1. The van der Waals surface area contributed by atoms with E-state index in [9.17, 15) is 4.79 Å². The number of aryl methyl sites for hydroxylation is 1. The highest BCUT2D eigenvalue weighted by atomic mass is 16.2. The molecule has 3 rings (SSSR count). The first-order valence-corrected chi connectivity index (χ1v) is 8.22. The number of amides is 1. The van der Waals surface area contributed by atoms with Crippen molar-refractivity contribution in [1.29, 1.82) is 0 Å². The van der Waals surface area contributed by atoms with Gasteiger partial charge in [0.2, 0.25) is 0 Å². The van der Waals surface area contributed by atoms with E-state index in [0.29, 0.717) is 12.2 Å². The van der Waals surface area contributed by atoms with Crippen LogP contribution in [0, 0.1) is 6.92 Å². The van der Waals surface area contributed by atoms with Gasteiger partial charge >= 0.3 is 0 Å². The van der Waals surface area contributed by atoms with E-state index < -0.39 is 0 Å². The van der Waals surface area contributed by atoms with Crippen LogP contribution in [0.3, 0.4) is 0 Å². The lowest BCUT2D eigenvalue weighted by atomic mass is 10.1. The Morgan fingerprint density at radius 3 is 2.65 bits per heavy atom. The van der Waals surface area contributed by atoms with Crippen molar-refractivity contribution in [2.24, 2.45) is 0 Å². The third-order valence-electron chi connectivity index (χ3n) is 4.19. The summed E-state index contributed by atoms with van der Waals surface area (Å²) in [6.45, 7) is 5.86. The minimum absolute atomic E-state index is 0.166. The summed E-state index contributed by atoms with van der Waals surface area (Å²) in [6, 6.07) is 7.94. The molecule has 0 bridgehead atoms. The van der Waals surface area contributed by atoms with Crippen LogP contribution in [0.4, 0.5) is 0 Å². The van der Waals surface area contributed by atoms with Crippen LogP contribution in [0.1, 0.15) is 35.3 Å². The molecule has 2 aromatic rings. The number of hydrogen-bond acceptors (Lipinski definition) is 4. The molecule has 6 heteroatoms. The van der Waals surface area contributed by atoms with E-state index >= 15 is 0 Å². The molecular weight excluding hydrogens is 290 g/mol. The molecule has 6 nitrogen and oxygen atoms in total. The monoisotopic (exact) mass is 313 g/mol. The van der Waals surface area contributed by atoms with E-state index in [-0.39, 0.29) is 5.91 Å². The molecule has 0 atom stereocenters. The van der Waals surface area contributed by atoms with Crippen LogP contribution < -0.4 is 5.32 Å². The van der Waals surface area contributed by atoms with Gasteiger partial charge in [-0.1, -0.05) is 29.3 Å². The molecular formula is C17H23N5O. The Bertz CT molecular complexity index is 643. The molecule has 0 aliphatic carbocycles. The van der Waals surface area contributed by atoms with Crippen LogP contribution in [0.25, 0.3) is 5.69 Å². The highest BCUT2D eigenvalue weighted by Crippen LogP contribution is 2.09. The molecule has 1 saturated heterocycles. The second kappa shape index (κ2) is 7.37. The van der Waals surface area contributed by atoms with Gasteiger partial charge < -0.3 is 10.2 Å². The Morgan fingerprint density at radius 1 is 1.17 bits per heavy atom. The summed E-state index contributed by atoms with van der Waals surface area (Å²) in [5, 5.41) is 10.9. The first-order valence-electron chi connectivity index (χ1n) is 8.22. The molecule has 1 aliphatic heterocycles. The zero-order valence-corrected chi connectivity index (χ0v) is 13.5. The van der Waals surface area contributed by atoms with Crippen molar-refractivity contribution in [1.82, 2.24) is 25.2 Å². The van der Waals surface area contributed by atoms with E-state index in [1.54, 1.807) is 10.9 Å². The fourth-order valence-corrected chi connectivity index (χ4v) is 2.79. The summed E-state index contributed by atoms with van der Waals surface area (Å²) >= 11 is 0. The topological polar surface area (TPSA) is 63.1 Å². The molecule has 1 amide bonds. The van der Waals surface area contributed by atoms with Gasteiger partial charge in [-0.2, -0.15) is 0 Å². The molecule has 1 aromatic carbocycles. The molecule has 122 valence electrons. The summed E-state index contributed by atoms with van der Waals surface area (Å²) in [5.41, 5.74) is 2.43. The van der Waals surface area contributed by atoms with Gasteiger partial charge in [0.25, 0.3) is 5.91 Å². The largest absolute Gasteiger partial charge is 0.349 e. The van der Waals surface area contributed by atoms with E-state index in [2.05, 4.69) is 20.5 Å². The molecule has 1 aromatic heterocycles. The quantitative estimate of drug-likeness (QED) is 0.914.